The zero-order valence-corrected chi connectivity index (χ0v) is 10.9. The van der Waals surface area contributed by atoms with Crippen LogP contribution in [0, 0.1) is 11.3 Å². The van der Waals surface area contributed by atoms with E-state index in [1.165, 1.54) is 0 Å². The highest BCUT2D eigenvalue weighted by atomic mass is 16.5. The van der Waals surface area contributed by atoms with E-state index in [0.717, 1.165) is 19.3 Å². The molecule has 0 aliphatic carbocycles. The average molecular weight is 271 g/mol. The zero-order chi connectivity index (χ0) is 14.1. The first kappa shape index (κ1) is 13.1. The summed E-state index contributed by atoms with van der Waals surface area (Å²) >= 11 is 0. The number of nitriles is 1. The lowest BCUT2D eigenvalue weighted by Gasteiger charge is -2.23. The van der Waals surface area contributed by atoms with Gasteiger partial charge in [-0.15, -0.1) is 0 Å². The molecule has 20 heavy (non-hydrogen) atoms. The van der Waals surface area contributed by atoms with Crippen LogP contribution in [0.1, 0.15) is 31.1 Å². The van der Waals surface area contributed by atoms with Gasteiger partial charge in [0, 0.05) is 12.0 Å². The maximum Gasteiger partial charge on any atom is 0.510 e. The normalized spacial score (nSPS) is 18.9. The van der Waals surface area contributed by atoms with Crippen molar-refractivity contribution >= 4 is 23.6 Å². The molecule has 7 heteroatoms. The SMILES string of the molecule is N#Cc1cccc2c(B(O)O)nn(C3CCCCO3)c12. The summed E-state index contributed by atoms with van der Waals surface area (Å²) in [7, 11) is -1.67. The Bertz CT molecular complexity index is 671. The second-order valence-corrected chi connectivity index (χ2v) is 4.84. The number of hydrogen-bond donors (Lipinski definition) is 2. The largest absolute Gasteiger partial charge is 0.510 e. The Balaban J connectivity index is 2.22. The molecule has 0 bridgehead atoms. The van der Waals surface area contributed by atoms with E-state index >= 15 is 0 Å². The molecule has 0 amide bonds. The number of aromatic nitrogens is 2. The monoisotopic (exact) mass is 271 g/mol. The van der Waals surface area contributed by atoms with Gasteiger partial charge in [0.1, 0.15) is 11.7 Å². The highest BCUT2D eigenvalue weighted by Crippen LogP contribution is 2.27. The fourth-order valence-electron chi connectivity index (χ4n) is 2.62. The molecular weight excluding hydrogens is 257 g/mol. The van der Waals surface area contributed by atoms with Gasteiger partial charge in [0.25, 0.3) is 0 Å². The van der Waals surface area contributed by atoms with E-state index < -0.39 is 7.12 Å². The minimum absolute atomic E-state index is 0.159. The number of benzene rings is 1. The molecule has 0 spiro atoms. The standard InChI is InChI=1S/C13H14BN3O3/c15-8-9-4-3-5-10-12(9)17(16-13(10)14(18)19)11-6-1-2-7-20-11/h3-5,11,18-19H,1-2,6-7H2. The molecule has 0 radical (unpaired) electrons. The highest BCUT2D eigenvalue weighted by Gasteiger charge is 2.27. The fourth-order valence-corrected chi connectivity index (χ4v) is 2.62. The third-order valence-corrected chi connectivity index (χ3v) is 3.55. The van der Waals surface area contributed by atoms with Crippen molar-refractivity contribution in [3.05, 3.63) is 23.8 Å². The van der Waals surface area contributed by atoms with E-state index in [1.54, 1.807) is 22.9 Å². The molecule has 1 aromatic heterocycles. The van der Waals surface area contributed by atoms with Gasteiger partial charge in [0.15, 0.2) is 6.23 Å². The number of ether oxygens (including phenoxy) is 1. The summed E-state index contributed by atoms with van der Waals surface area (Å²) in [4.78, 5) is 0. The Morgan fingerprint density at radius 2 is 2.25 bits per heavy atom. The quantitative estimate of drug-likeness (QED) is 0.766. The van der Waals surface area contributed by atoms with Gasteiger partial charge >= 0.3 is 7.12 Å². The Hall–Kier alpha value is -1.88. The van der Waals surface area contributed by atoms with Crippen molar-refractivity contribution in [2.24, 2.45) is 0 Å². The Morgan fingerprint density at radius 1 is 1.40 bits per heavy atom. The van der Waals surface area contributed by atoms with Crippen LogP contribution in [0.3, 0.4) is 0 Å². The second kappa shape index (κ2) is 5.25. The van der Waals surface area contributed by atoms with Crippen molar-refractivity contribution < 1.29 is 14.8 Å². The molecule has 2 aromatic rings. The van der Waals surface area contributed by atoms with Crippen molar-refractivity contribution in [2.75, 3.05) is 6.61 Å². The van der Waals surface area contributed by atoms with Crippen LogP contribution in [0.2, 0.25) is 0 Å². The van der Waals surface area contributed by atoms with Gasteiger partial charge in [-0.3, -0.25) is 0 Å². The van der Waals surface area contributed by atoms with Crippen molar-refractivity contribution in [1.82, 2.24) is 9.78 Å². The minimum Gasteiger partial charge on any atom is -0.422 e. The van der Waals surface area contributed by atoms with E-state index in [2.05, 4.69) is 11.2 Å². The lowest BCUT2D eigenvalue weighted by molar-refractivity contribution is -0.0364. The molecule has 2 heterocycles. The first-order valence-corrected chi connectivity index (χ1v) is 6.61. The first-order valence-electron chi connectivity index (χ1n) is 6.61. The molecule has 6 nitrogen and oxygen atoms in total. The Morgan fingerprint density at radius 3 is 2.90 bits per heavy atom. The third-order valence-electron chi connectivity index (χ3n) is 3.55. The maximum absolute atomic E-state index is 9.45. The molecule has 1 unspecified atom stereocenters. The summed E-state index contributed by atoms with van der Waals surface area (Å²) in [6, 6.07) is 7.26. The van der Waals surface area contributed by atoms with Crippen molar-refractivity contribution in [1.29, 1.82) is 5.26 Å². The molecule has 1 aromatic carbocycles. The van der Waals surface area contributed by atoms with Crippen LogP contribution < -0.4 is 5.59 Å². The van der Waals surface area contributed by atoms with Crippen LogP contribution in [0.4, 0.5) is 0 Å². The molecule has 1 atom stereocenters. The molecule has 1 saturated heterocycles. The van der Waals surface area contributed by atoms with Gasteiger partial charge < -0.3 is 14.8 Å². The van der Waals surface area contributed by atoms with Crippen LogP contribution in [-0.4, -0.2) is 33.6 Å². The van der Waals surface area contributed by atoms with E-state index in [0.29, 0.717) is 23.1 Å². The Kier molecular flexibility index (Phi) is 3.44. The molecule has 3 rings (SSSR count). The molecular formula is C13H14BN3O3. The highest BCUT2D eigenvalue weighted by molar-refractivity contribution is 6.60. The number of rotatable bonds is 2. The van der Waals surface area contributed by atoms with Gasteiger partial charge in [-0.1, -0.05) is 12.1 Å². The lowest BCUT2D eigenvalue weighted by Crippen LogP contribution is -2.33. The third kappa shape index (κ3) is 2.08. The summed E-state index contributed by atoms with van der Waals surface area (Å²) in [5.41, 5.74) is 1.22. The predicted molar refractivity (Wildman–Crippen MR) is 73.1 cm³/mol. The van der Waals surface area contributed by atoms with E-state index in [-0.39, 0.29) is 11.8 Å². The number of nitrogens with zero attached hydrogens (tertiary/aromatic N) is 3. The predicted octanol–water partition coefficient (Wildman–Crippen LogP) is 0.287. The lowest BCUT2D eigenvalue weighted by atomic mass is 9.83. The molecule has 0 saturated carbocycles. The molecule has 2 N–H and O–H groups in total. The van der Waals surface area contributed by atoms with Crippen LogP contribution in [-0.2, 0) is 4.74 Å². The van der Waals surface area contributed by atoms with Crippen LogP contribution in [0.15, 0.2) is 18.2 Å². The van der Waals surface area contributed by atoms with Gasteiger partial charge in [0.2, 0.25) is 0 Å². The Labute approximate surface area is 116 Å². The van der Waals surface area contributed by atoms with Gasteiger partial charge in [-0.05, 0) is 25.3 Å². The number of hydrogen-bond acceptors (Lipinski definition) is 5. The van der Waals surface area contributed by atoms with E-state index in [4.69, 9.17) is 4.74 Å². The molecule has 1 aliphatic heterocycles. The zero-order valence-electron chi connectivity index (χ0n) is 10.9. The maximum atomic E-state index is 9.45. The number of para-hydroxylation sites is 1. The van der Waals surface area contributed by atoms with Crippen LogP contribution in [0.25, 0.3) is 10.9 Å². The average Bonchev–Trinajstić information content (AvgIpc) is 2.88. The number of fused-ring (bicyclic) bond motifs is 1. The minimum atomic E-state index is -1.67. The summed E-state index contributed by atoms with van der Waals surface area (Å²) in [6.07, 6.45) is 2.58. The van der Waals surface area contributed by atoms with Crippen molar-refractivity contribution in [2.45, 2.75) is 25.5 Å². The van der Waals surface area contributed by atoms with Gasteiger partial charge in [-0.25, -0.2) is 4.68 Å². The summed E-state index contributed by atoms with van der Waals surface area (Å²) < 4.78 is 7.31. The summed E-state index contributed by atoms with van der Waals surface area (Å²) in [6.45, 7) is 0.651. The summed E-state index contributed by atoms with van der Waals surface area (Å²) in [5.74, 6) is 0. The van der Waals surface area contributed by atoms with Crippen LogP contribution >= 0.6 is 0 Å². The summed E-state index contributed by atoms with van der Waals surface area (Å²) in [5, 5.41) is 33.0. The molecule has 102 valence electrons. The fraction of sp³-hybridized carbons (Fsp3) is 0.385. The van der Waals surface area contributed by atoms with Gasteiger partial charge in [0.05, 0.1) is 11.1 Å². The molecule has 1 aliphatic rings. The topological polar surface area (TPSA) is 91.3 Å². The first-order chi connectivity index (χ1) is 9.72. The smallest absolute Gasteiger partial charge is 0.422 e. The van der Waals surface area contributed by atoms with Crippen molar-refractivity contribution in [3.63, 3.8) is 0 Å². The van der Waals surface area contributed by atoms with Gasteiger partial charge in [-0.2, -0.15) is 10.4 Å². The second-order valence-electron chi connectivity index (χ2n) is 4.84. The van der Waals surface area contributed by atoms with E-state index in [1.807, 2.05) is 0 Å². The van der Waals surface area contributed by atoms with Crippen molar-refractivity contribution in [3.8, 4) is 6.07 Å². The molecule has 1 fully saturated rings. The van der Waals surface area contributed by atoms with Crippen LogP contribution in [0.5, 0.6) is 0 Å². The van der Waals surface area contributed by atoms with E-state index in [9.17, 15) is 15.3 Å².